The van der Waals surface area contributed by atoms with Crippen molar-refractivity contribution in [1.29, 1.82) is 0 Å². The van der Waals surface area contributed by atoms with Crippen molar-refractivity contribution in [1.82, 2.24) is 15.1 Å². The van der Waals surface area contributed by atoms with Crippen LogP contribution < -0.4 is 10.6 Å². The smallest absolute Gasteiger partial charge is 0.255 e. The number of likely N-dealkylation sites (N-methyl/N-ethyl adjacent to an activating group) is 1. The molecule has 1 aliphatic heterocycles. The molecule has 1 atom stereocenters. The fourth-order valence-electron chi connectivity index (χ4n) is 3.40. The molecule has 0 spiro atoms. The summed E-state index contributed by atoms with van der Waals surface area (Å²) in [5.41, 5.74) is 1.24. The lowest BCUT2D eigenvalue weighted by atomic mass is 10.1. The maximum atomic E-state index is 13.0. The van der Waals surface area contributed by atoms with E-state index in [1.54, 1.807) is 53.4 Å². The van der Waals surface area contributed by atoms with Crippen molar-refractivity contribution >= 4 is 23.4 Å². The van der Waals surface area contributed by atoms with Gasteiger partial charge >= 0.3 is 0 Å². The van der Waals surface area contributed by atoms with E-state index >= 15 is 0 Å². The molecule has 3 amide bonds. The van der Waals surface area contributed by atoms with E-state index in [1.807, 2.05) is 20.0 Å². The van der Waals surface area contributed by atoms with Crippen LogP contribution in [0.15, 0.2) is 54.6 Å². The third-order valence-electron chi connectivity index (χ3n) is 5.28. The van der Waals surface area contributed by atoms with Gasteiger partial charge in [-0.2, -0.15) is 0 Å². The first kappa shape index (κ1) is 21.5. The van der Waals surface area contributed by atoms with Crippen LogP contribution in [0.4, 0.5) is 5.69 Å². The molecule has 158 valence electrons. The van der Waals surface area contributed by atoms with E-state index in [4.69, 9.17) is 0 Å². The van der Waals surface area contributed by atoms with Gasteiger partial charge in [0.2, 0.25) is 5.91 Å². The molecular weight excluding hydrogens is 380 g/mol. The van der Waals surface area contributed by atoms with Crippen molar-refractivity contribution in [3.8, 4) is 0 Å². The summed E-state index contributed by atoms with van der Waals surface area (Å²) < 4.78 is 0. The minimum absolute atomic E-state index is 0.0650. The quantitative estimate of drug-likeness (QED) is 0.768. The standard InChI is InChI=1S/C23H28N4O3/c1-3-19(23(30)27-15-13-26(2)14-16-27)24-22(29)18-11-7-8-12-20(18)25-21(28)17-9-5-4-6-10-17/h4-12,19H,3,13-16H2,1-2H3,(H,24,29)(H,25,28). The van der Waals surface area contributed by atoms with Crippen LogP contribution in [0.2, 0.25) is 0 Å². The van der Waals surface area contributed by atoms with E-state index in [1.165, 1.54) is 0 Å². The Bertz CT molecular complexity index is 892. The molecule has 1 heterocycles. The fourth-order valence-corrected chi connectivity index (χ4v) is 3.40. The van der Waals surface area contributed by atoms with Crippen molar-refractivity contribution in [3.63, 3.8) is 0 Å². The summed E-state index contributed by atoms with van der Waals surface area (Å²) in [5.74, 6) is -0.741. The van der Waals surface area contributed by atoms with Crippen molar-refractivity contribution in [2.45, 2.75) is 19.4 Å². The maximum absolute atomic E-state index is 13.0. The van der Waals surface area contributed by atoms with Gasteiger partial charge in [0.25, 0.3) is 11.8 Å². The van der Waals surface area contributed by atoms with Gasteiger partial charge in [-0.1, -0.05) is 37.3 Å². The summed E-state index contributed by atoms with van der Waals surface area (Å²) in [4.78, 5) is 42.3. The van der Waals surface area contributed by atoms with Gasteiger partial charge in [-0.3, -0.25) is 14.4 Å². The first-order chi connectivity index (χ1) is 14.5. The number of anilines is 1. The topological polar surface area (TPSA) is 81.8 Å². The van der Waals surface area contributed by atoms with Crippen LogP contribution in [-0.4, -0.2) is 66.8 Å². The molecule has 0 saturated carbocycles. The highest BCUT2D eigenvalue weighted by atomic mass is 16.2. The lowest BCUT2D eigenvalue weighted by Crippen LogP contribution is -2.54. The predicted octanol–water partition coefficient (Wildman–Crippen LogP) is 2.22. The van der Waals surface area contributed by atoms with Crippen LogP contribution in [0.25, 0.3) is 0 Å². The zero-order valence-electron chi connectivity index (χ0n) is 17.4. The Morgan fingerprint density at radius 1 is 0.900 bits per heavy atom. The van der Waals surface area contributed by atoms with Gasteiger partial charge in [-0.25, -0.2) is 0 Å². The minimum atomic E-state index is -0.598. The molecule has 3 rings (SSSR count). The van der Waals surface area contributed by atoms with Crippen LogP contribution >= 0.6 is 0 Å². The molecule has 1 aliphatic rings. The number of piperazine rings is 1. The Morgan fingerprint density at radius 2 is 1.53 bits per heavy atom. The van der Waals surface area contributed by atoms with E-state index in [-0.39, 0.29) is 17.7 Å². The van der Waals surface area contributed by atoms with Gasteiger partial charge in [0.15, 0.2) is 0 Å². The SMILES string of the molecule is CCC(NC(=O)c1ccccc1NC(=O)c1ccccc1)C(=O)N1CCN(C)CC1. The van der Waals surface area contributed by atoms with Crippen LogP contribution in [0.3, 0.4) is 0 Å². The van der Waals surface area contributed by atoms with Crippen LogP contribution in [0, 0.1) is 0 Å². The average molecular weight is 409 g/mol. The average Bonchev–Trinajstić information content (AvgIpc) is 2.78. The highest BCUT2D eigenvalue weighted by Crippen LogP contribution is 2.17. The second kappa shape index (κ2) is 10.0. The Labute approximate surface area is 177 Å². The molecule has 2 aromatic rings. The summed E-state index contributed by atoms with van der Waals surface area (Å²) in [6.07, 6.45) is 0.495. The Balaban J connectivity index is 1.70. The van der Waals surface area contributed by atoms with Gasteiger partial charge < -0.3 is 20.4 Å². The Morgan fingerprint density at radius 3 is 2.20 bits per heavy atom. The number of nitrogens with zero attached hydrogens (tertiary/aromatic N) is 2. The Hall–Kier alpha value is -3.19. The molecule has 7 heteroatoms. The van der Waals surface area contributed by atoms with Crippen LogP contribution in [0.5, 0.6) is 0 Å². The lowest BCUT2D eigenvalue weighted by Gasteiger charge is -2.34. The molecule has 1 unspecified atom stereocenters. The number of hydrogen-bond donors (Lipinski definition) is 2. The van der Waals surface area contributed by atoms with Crippen LogP contribution in [-0.2, 0) is 4.79 Å². The number of para-hydroxylation sites is 1. The second-order valence-corrected chi connectivity index (χ2v) is 7.43. The van der Waals surface area contributed by atoms with E-state index in [9.17, 15) is 14.4 Å². The number of benzene rings is 2. The fraction of sp³-hybridized carbons (Fsp3) is 0.348. The number of hydrogen-bond acceptors (Lipinski definition) is 4. The molecule has 0 bridgehead atoms. The number of carbonyl (C=O) groups excluding carboxylic acids is 3. The summed E-state index contributed by atoms with van der Waals surface area (Å²) in [6.45, 7) is 4.84. The van der Waals surface area contributed by atoms with Crippen molar-refractivity contribution in [3.05, 3.63) is 65.7 Å². The second-order valence-electron chi connectivity index (χ2n) is 7.43. The molecule has 1 fully saturated rings. The maximum Gasteiger partial charge on any atom is 0.255 e. The normalized spacial score (nSPS) is 15.3. The third-order valence-corrected chi connectivity index (χ3v) is 5.28. The summed E-state index contributed by atoms with van der Waals surface area (Å²) in [7, 11) is 2.03. The van der Waals surface area contributed by atoms with Crippen LogP contribution in [0.1, 0.15) is 34.1 Å². The van der Waals surface area contributed by atoms with Gasteiger partial charge in [-0.05, 0) is 37.7 Å². The van der Waals surface area contributed by atoms with Crippen molar-refractivity contribution < 1.29 is 14.4 Å². The largest absolute Gasteiger partial charge is 0.340 e. The molecule has 30 heavy (non-hydrogen) atoms. The third kappa shape index (κ3) is 5.24. The first-order valence-corrected chi connectivity index (χ1v) is 10.2. The molecule has 1 saturated heterocycles. The summed E-state index contributed by atoms with van der Waals surface area (Å²) in [6, 6.07) is 15.0. The summed E-state index contributed by atoms with van der Waals surface area (Å²) in [5, 5.41) is 5.65. The van der Waals surface area contributed by atoms with Crippen molar-refractivity contribution in [2.75, 3.05) is 38.5 Å². The highest BCUT2D eigenvalue weighted by Gasteiger charge is 2.27. The van der Waals surface area contributed by atoms with E-state index in [0.29, 0.717) is 36.3 Å². The zero-order valence-corrected chi connectivity index (χ0v) is 17.4. The van der Waals surface area contributed by atoms with Gasteiger partial charge in [0.1, 0.15) is 6.04 Å². The summed E-state index contributed by atoms with van der Waals surface area (Å²) >= 11 is 0. The van der Waals surface area contributed by atoms with Gasteiger partial charge in [0, 0.05) is 31.7 Å². The molecule has 7 nitrogen and oxygen atoms in total. The monoisotopic (exact) mass is 408 g/mol. The van der Waals surface area contributed by atoms with Gasteiger partial charge in [0.05, 0.1) is 11.3 Å². The minimum Gasteiger partial charge on any atom is -0.340 e. The number of amides is 3. The molecule has 0 aliphatic carbocycles. The first-order valence-electron chi connectivity index (χ1n) is 10.2. The molecular formula is C23H28N4O3. The number of nitrogens with one attached hydrogen (secondary N) is 2. The van der Waals surface area contributed by atoms with Gasteiger partial charge in [-0.15, -0.1) is 0 Å². The van der Waals surface area contributed by atoms with E-state index in [0.717, 1.165) is 13.1 Å². The predicted molar refractivity (Wildman–Crippen MR) is 116 cm³/mol. The number of carbonyl (C=O) groups is 3. The Kier molecular flexibility index (Phi) is 7.19. The van der Waals surface area contributed by atoms with Crippen molar-refractivity contribution in [2.24, 2.45) is 0 Å². The molecule has 2 aromatic carbocycles. The molecule has 2 N–H and O–H groups in total. The molecule has 0 radical (unpaired) electrons. The zero-order chi connectivity index (χ0) is 21.5. The molecule has 0 aromatic heterocycles. The highest BCUT2D eigenvalue weighted by molar-refractivity contribution is 6.09. The number of rotatable bonds is 6. The van der Waals surface area contributed by atoms with E-state index < -0.39 is 6.04 Å². The van der Waals surface area contributed by atoms with E-state index in [2.05, 4.69) is 15.5 Å². The lowest BCUT2D eigenvalue weighted by molar-refractivity contribution is -0.134.